The quantitative estimate of drug-likeness (QED) is 0.194. The molecule has 14 bridgehead atoms. The number of nitrogens with zero attached hydrogens (tertiary/aromatic N) is 8. The van der Waals surface area contributed by atoms with Crippen LogP contribution in [-0.2, 0) is 43.9 Å². The van der Waals surface area contributed by atoms with Gasteiger partial charge in [-0.2, -0.15) is 9.97 Å². The van der Waals surface area contributed by atoms with Crippen LogP contribution in [0.15, 0.2) is 37.5 Å². The van der Waals surface area contributed by atoms with Crippen LogP contribution in [0.3, 0.4) is 0 Å². The van der Waals surface area contributed by atoms with E-state index in [1.165, 1.54) is 34.4 Å². The van der Waals surface area contributed by atoms with Crippen molar-refractivity contribution in [3.05, 3.63) is 37.5 Å². The van der Waals surface area contributed by atoms with E-state index in [-0.39, 0.29) is 47.3 Å². The van der Waals surface area contributed by atoms with Gasteiger partial charge in [0, 0.05) is 0 Å². The van der Waals surface area contributed by atoms with Crippen molar-refractivity contribution in [3.63, 3.8) is 0 Å². The fourth-order valence-corrected chi connectivity index (χ4v) is 8.09. The van der Waals surface area contributed by atoms with E-state index in [4.69, 9.17) is 48.8 Å². The van der Waals surface area contributed by atoms with E-state index in [2.05, 4.69) is 29.9 Å². The predicted molar refractivity (Wildman–Crippen MR) is 156 cm³/mol. The second-order valence-corrected chi connectivity index (χ2v) is 15.0. The summed E-state index contributed by atoms with van der Waals surface area (Å²) in [5.41, 5.74) is 0.552. The van der Waals surface area contributed by atoms with Crippen LogP contribution in [0.2, 0.25) is 0 Å². The minimum Gasteiger partial charge on any atom is -0.472 e. The Kier molecular flexibility index (Phi) is 8.24. The molecule has 5 aliphatic rings. The van der Waals surface area contributed by atoms with Crippen molar-refractivity contribution in [2.75, 3.05) is 26.4 Å². The Bertz CT molecular complexity index is 1850. The smallest absolute Gasteiger partial charge is 0.472 e. The monoisotopic (exact) mass is 732 g/mol. The summed E-state index contributed by atoms with van der Waals surface area (Å²) in [6.45, 7) is -5.73. The topological polar surface area (TPSA) is 219 Å². The molecule has 3 fully saturated rings. The van der Waals surface area contributed by atoms with E-state index in [1.54, 1.807) is 12.2 Å². The van der Waals surface area contributed by atoms with Gasteiger partial charge in [-0.1, -0.05) is 0 Å². The van der Waals surface area contributed by atoms with Gasteiger partial charge in [-0.3, -0.25) is 22.7 Å². The molecular weight excluding hydrogens is 708 g/mol. The zero-order chi connectivity index (χ0) is 33.2. The standard InChI is InChI=1S/C24H24F2N8O11P2S/c25-13-17-12-6-41-47(37,48)45-18-11(5-40-46(35,36)44-17)42-24(14(18)26)34-10-32-16-20(34)28-8-30-22(16)39-4-2-1-3-38-21-15-19(27-7-29-21)33(9-31-15)23(13)43-12/h1-2,7-14,17-18,23-24H,3-6H2,(H,35,36)(H,37,48)/b2-1+/t11?,12?,13-,14-,17-,18-,23-,24-,47+/m1/s1. The SMILES string of the molecule is O=P1(O)OCC2O[C@@H]3[C@H](F)[C@@H]2O[P@@](O)(=S)OCC2O[C@H]([C@H](F)[C@@H]2O1)n1cnc2c(ncnc21)OC/C=C/COc1ncnc2c1ncn23. The van der Waals surface area contributed by atoms with E-state index < -0.39 is 77.0 Å². The first-order valence-electron chi connectivity index (χ1n) is 14.2. The highest BCUT2D eigenvalue weighted by Gasteiger charge is 2.54. The van der Waals surface area contributed by atoms with Crippen molar-refractivity contribution in [1.29, 1.82) is 0 Å². The zero-order valence-electron chi connectivity index (χ0n) is 24.1. The number of rotatable bonds is 0. The van der Waals surface area contributed by atoms with Crippen LogP contribution in [-0.4, -0.2) is 112 Å². The van der Waals surface area contributed by atoms with Crippen molar-refractivity contribution in [2.24, 2.45) is 0 Å². The molecule has 4 aromatic heterocycles. The summed E-state index contributed by atoms with van der Waals surface area (Å²) in [6.07, 6.45) is -5.47. The number of alkyl halides is 2. The Morgan fingerprint density at radius 1 is 0.750 bits per heavy atom. The minimum absolute atomic E-state index is 0.0390. The third-order valence-corrected chi connectivity index (χ3v) is 10.4. The molecule has 0 aliphatic carbocycles. The van der Waals surface area contributed by atoms with Gasteiger partial charge in [0.1, 0.15) is 50.3 Å². The third-order valence-electron chi connectivity index (χ3n) is 7.85. The Labute approximate surface area is 272 Å². The number of phosphoric acid groups is 1. The summed E-state index contributed by atoms with van der Waals surface area (Å²) in [5.74, 6) is 0.162. The summed E-state index contributed by atoms with van der Waals surface area (Å²) in [5, 5.41) is 0. The molecule has 48 heavy (non-hydrogen) atoms. The molecule has 4 aromatic rings. The molecule has 0 radical (unpaired) electrons. The number of imidazole rings is 2. The van der Waals surface area contributed by atoms with Gasteiger partial charge < -0.3 is 33.3 Å². The zero-order valence-corrected chi connectivity index (χ0v) is 26.7. The Morgan fingerprint density at radius 2 is 1.25 bits per heavy atom. The first-order chi connectivity index (χ1) is 23.1. The van der Waals surface area contributed by atoms with Crippen molar-refractivity contribution in [3.8, 4) is 11.8 Å². The summed E-state index contributed by atoms with van der Waals surface area (Å²) in [4.78, 5) is 46.8. The van der Waals surface area contributed by atoms with Crippen LogP contribution in [0, 0.1) is 0 Å². The number of fused-ring (bicyclic) bond motifs is 10. The number of phosphoric ester groups is 1. The molecule has 19 nitrogen and oxygen atoms in total. The van der Waals surface area contributed by atoms with Crippen molar-refractivity contribution < 1.29 is 60.2 Å². The van der Waals surface area contributed by atoms with Crippen LogP contribution in [0.1, 0.15) is 12.5 Å². The Hall–Kier alpha value is -3.14. The second-order valence-electron chi connectivity index (χ2n) is 10.8. The van der Waals surface area contributed by atoms with Gasteiger partial charge in [0.2, 0.25) is 11.8 Å². The van der Waals surface area contributed by atoms with Gasteiger partial charge in [-0.05, 0) is 24.0 Å². The number of hydrogen-bond acceptors (Lipinski definition) is 16. The van der Waals surface area contributed by atoms with Gasteiger partial charge in [0.05, 0.1) is 25.9 Å². The normalized spacial score (nSPS) is 38.0. The number of halogens is 2. The van der Waals surface area contributed by atoms with Crippen molar-refractivity contribution >= 4 is 48.7 Å². The van der Waals surface area contributed by atoms with E-state index in [0.29, 0.717) is 0 Å². The van der Waals surface area contributed by atoms with Crippen LogP contribution < -0.4 is 9.47 Å². The molecular formula is C24H24F2N8O11P2S. The molecule has 2 N–H and O–H groups in total. The van der Waals surface area contributed by atoms with E-state index in [9.17, 15) is 14.4 Å². The van der Waals surface area contributed by atoms with Gasteiger partial charge in [0.25, 0.3) is 0 Å². The molecule has 0 amide bonds. The van der Waals surface area contributed by atoms with E-state index in [0.717, 1.165) is 0 Å². The van der Waals surface area contributed by atoms with Gasteiger partial charge in [-0.25, -0.2) is 33.3 Å². The van der Waals surface area contributed by atoms with Crippen molar-refractivity contribution in [1.82, 2.24) is 39.0 Å². The lowest BCUT2D eigenvalue weighted by molar-refractivity contribution is -0.0624. The average molecular weight is 733 g/mol. The summed E-state index contributed by atoms with van der Waals surface area (Å²) < 4.78 is 92.6. The largest absolute Gasteiger partial charge is 0.472 e. The summed E-state index contributed by atoms with van der Waals surface area (Å²) >= 11 is 5.17. The molecule has 24 heteroatoms. The first kappa shape index (κ1) is 32.1. The predicted octanol–water partition coefficient (Wildman–Crippen LogP) is 1.60. The molecule has 0 saturated carbocycles. The highest BCUT2D eigenvalue weighted by Crippen LogP contribution is 2.54. The van der Waals surface area contributed by atoms with Crippen LogP contribution >= 0.6 is 14.5 Å². The Balaban J connectivity index is 1.21. The molecule has 3 saturated heterocycles. The van der Waals surface area contributed by atoms with Gasteiger partial charge in [-0.15, -0.1) is 0 Å². The van der Waals surface area contributed by atoms with E-state index >= 15 is 8.78 Å². The fourth-order valence-electron chi connectivity index (χ4n) is 5.69. The number of ether oxygens (including phenoxy) is 4. The maximum Gasteiger partial charge on any atom is 0.472 e. The van der Waals surface area contributed by atoms with Crippen LogP contribution in [0.5, 0.6) is 11.8 Å². The molecule has 9 heterocycles. The number of aromatic nitrogens is 8. The maximum absolute atomic E-state index is 16.2. The first-order valence-corrected chi connectivity index (χ1v) is 18.3. The Morgan fingerprint density at radius 3 is 1.79 bits per heavy atom. The minimum atomic E-state index is -5.09. The molecule has 9 rings (SSSR count). The molecule has 10 atom stereocenters. The lowest BCUT2D eigenvalue weighted by atomic mass is 10.1. The van der Waals surface area contributed by atoms with Crippen LogP contribution in [0.25, 0.3) is 22.3 Å². The van der Waals surface area contributed by atoms with Crippen LogP contribution in [0.4, 0.5) is 8.78 Å². The lowest BCUT2D eigenvalue weighted by Gasteiger charge is -2.28. The highest BCUT2D eigenvalue weighted by atomic mass is 32.5. The van der Waals surface area contributed by atoms with Crippen molar-refractivity contribution in [2.45, 2.75) is 49.2 Å². The molecule has 256 valence electrons. The molecule has 3 unspecified atom stereocenters. The number of hydrogen-bond donors (Lipinski definition) is 2. The van der Waals surface area contributed by atoms with E-state index in [1.807, 2.05) is 0 Å². The molecule has 5 aliphatic heterocycles. The summed E-state index contributed by atoms with van der Waals surface area (Å²) in [6, 6.07) is 0. The highest BCUT2D eigenvalue weighted by molar-refractivity contribution is 8.07. The van der Waals surface area contributed by atoms with Gasteiger partial charge >= 0.3 is 14.5 Å². The molecule has 0 spiro atoms. The summed E-state index contributed by atoms with van der Waals surface area (Å²) in [7, 11) is -5.09. The average Bonchev–Trinajstić information content (AvgIpc) is 3.81. The fraction of sp³-hybridized carbons (Fsp3) is 0.500. The van der Waals surface area contributed by atoms with Gasteiger partial charge in [0.15, 0.2) is 47.1 Å². The second kappa shape index (κ2) is 12.3. The molecule has 0 aromatic carbocycles. The third kappa shape index (κ3) is 5.79. The maximum atomic E-state index is 16.2. The lowest BCUT2D eigenvalue weighted by Crippen LogP contribution is -2.37.